The van der Waals surface area contributed by atoms with E-state index in [1.165, 1.54) is 37.7 Å². The fourth-order valence-electron chi connectivity index (χ4n) is 2.63. The molecule has 0 saturated heterocycles. The van der Waals surface area contributed by atoms with Crippen LogP contribution in [0, 0.1) is 11.3 Å². The minimum Gasteiger partial charge on any atom is -0.198 e. The highest BCUT2D eigenvalue weighted by atomic mass is 35.5. The molecule has 2 heteroatoms. The van der Waals surface area contributed by atoms with Crippen LogP contribution < -0.4 is 0 Å². The van der Waals surface area contributed by atoms with E-state index in [2.05, 4.69) is 18.2 Å². The average molecular weight is 248 g/mol. The summed E-state index contributed by atoms with van der Waals surface area (Å²) < 4.78 is 0. The fourth-order valence-corrected chi connectivity index (χ4v) is 2.98. The zero-order valence-corrected chi connectivity index (χ0v) is 11.0. The second kappa shape index (κ2) is 5.56. The second-order valence-corrected chi connectivity index (χ2v) is 5.37. The van der Waals surface area contributed by atoms with Gasteiger partial charge in [0.15, 0.2) is 0 Å². The largest absolute Gasteiger partial charge is 0.198 e. The quantitative estimate of drug-likeness (QED) is 0.720. The Morgan fingerprint density at radius 2 is 2.00 bits per heavy atom. The molecule has 1 nitrogen and oxygen atoms in total. The molecule has 2 rings (SSSR count). The summed E-state index contributed by atoms with van der Waals surface area (Å²) in [5.74, 6) is 0.551. The lowest BCUT2D eigenvalue weighted by atomic mass is 9.83. The van der Waals surface area contributed by atoms with E-state index in [0.717, 1.165) is 10.6 Å². The Balaban J connectivity index is 2.22. The van der Waals surface area contributed by atoms with Crippen molar-refractivity contribution in [1.29, 1.82) is 5.26 Å². The van der Waals surface area contributed by atoms with Crippen LogP contribution in [0.4, 0.5) is 0 Å². The van der Waals surface area contributed by atoms with Gasteiger partial charge in [0, 0.05) is 5.02 Å². The number of hydrogen-bond donors (Lipinski definition) is 0. The highest BCUT2D eigenvalue weighted by Crippen LogP contribution is 2.37. The third kappa shape index (κ3) is 2.82. The van der Waals surface area contributed by atoms with Crippen LogP contribution in [-0.4, -0.2) is 0 Å². The van der Waals surface area contributed by atoms with E-state index >= 15 is 0 Å². The molecule has 0 amide bonds. The van der Waals surface area contributed by atoms with Crippen LogP contribution in [0.25, 0.3) is 0 Å². The lowest BCUT2D eigenvalue weighted by Gasteiger charge is -2.23. The first-order chi connectivity index (χ1) is 8.22. The Hall–Kier alpha value is -1.00. The molecule has 0 aromatic heterocycles. The van der Waals surface area contributed by atoms with Crippen molar-refractivity contribution in [2.75, 3.05) is 0 Å². The van der Waals surface area contributed by atoms with Crippen molar-refractivity contribution in [3.8, 4) is 6.07 Å². The van der Waals surface area contributed by atoms with Gasteiger partial charge in [0.25, 0.3) is 0 Å². The van der Waals surface area contributed by atoms with Crippen LogP contribution >= 0.6 is 11.6 Å². The minimum atomic E-state index is -0.0760. The van der Waals surface area contributed by atoms with Gasteiger partial charge in [0.2, 0.25) is 0 Å². The van der Waals surface area contributed by atoms with Crippen LogP contribution in [0.1, 0.15) is 62.0 Å². The number of nitriles is 1. The molecule has 1 aliphatic carbocycles. The highest BCUT2D eigenvalue weighted by Gasteiger charge is 2.18. The first-order valence-electron chi connectivity index (χ1n) is 6.41. The summed E-state index contributed by atoms with van der Waals surface area (Å²) in [5, 5.41) is 9.75. The van der Waals surface area contributed by atoms with Crippen LogP contribution in [0.2, 0.25) is 5.02 Å². The molecule has 0 spiro atoms. The Morgan fingerprint density at radius 3 is 2.59 bits per heavy atom. The van der Waals surface area contributed by atoms with Gasteiger partial charge in [-0.15, -0.1) is 0 Å². The molecule has 0 heterocycles. The van der Waals surface area contributed by atoms with Gasteiger partial charge in [-0.2, -0.15) is 5.26 Å². The molecule has 1 fully saturated rings. The van der Waals surface area contributed by atoms with Crippen LogP contribution in [0.3, 0.4) is 0 Å². The monoisotopic (exact) mass is 247 g/mol. The van der Waals surface area contributed by atoms with E-state index in [9.17, 15) is 0 Å². The van der Waals surface area contributed by atoms with Gasteiger partial charge in [-0.3, -0.25) is 0 Å². The maximum Gasteiger partial charge on any atom is 0.0700 e. The van der Waals surface area contributed by atoms with Gasteiger partial charge in [0.1, 0.15) is 0 Å². The topological polar surface area (TPSA) is 23.8 Å². The predicted octanol–water partition coefficient (Wildman–Crippen LogP) is 5.01. The molecular weight excluding hydrogens is 230 g/mol. The first-order valence-corrected chi connectivity index (χ1v) is 6.79. The summed E-state index contributed by atoms with van der Waals surface area (Å²) in [7, 11) is 0. The van der Waals surface area contributed by atoms with E-state index in [4.69, 9.17) is 16.9 Å². The second-order valence-electron chi connectivity index (χ2n) is 4.97. The molecule has 1 atom stereocenters. The van der Waals surface area contributed by atoms with Gasteiger partial charge in [-0.1, -0.05) is 43.0 Å². The van der Waals surface area contributed by atoms with Crippen molar-refractivity contribution in [2.45, 2.75) is 50.9 Å². The number of rotatable bonds is 2. The van der Waals surface area contributed by atoms with Crippen molar-refractivity contribution < 1.29 is 0 Å². The Morgan fingerprint density at radius 1 is 1.29 bits per heavy atom. The standard InChI is InChI=1S/C15H18ClN/c1-11(10-17)13-7-8-14(15(16)9-13)12-5-3-2-4-6-12/h7-9,11-12H,2-6H2,1H3. The molecule has 1 aliphatic rings. The Labute approximate surface area is 108 Å². The van der Waals surface area contributed by atoms with E-state index < -0.39 is 0 Å². The number of halogens is 1. The average Bonchev–Trinajstić information content (AvgIpc) is 2.38. The van der Waals surface area contributed by atoms with Crippen molar-refractivity contribution in [1.82, 2.24) is 0 Å². The molecule has 1 aromatic rings. The predicted molar refractivity (Wildman–Crippen MR) is 71.3 cm³/mol. The number of hydrogen-bond acceptors (Lipinski definition) is 1. The summed E-state index contributed by atoms with van der Waals surface area (Å²) in [4.78, 5) is 0. The summed E-state index contributed by atoms with van der Waals surface area (Å²) in [6.07, 6.45) is 6.51. The lowest BCUT2D eigenvalue weighted by Crippen LogP contribution is -2.05. The molecule has 0 radical (unpaired) electrons. The molecule has 0 bridgehead atoms. The van der Waals surface area contributed by atoms with Gasteiger partial charge < -0.3 is 0 Å². The molecular formula is C15H18ClN. The third-order valence-electron chi connectivity index (χ3n) is 3.76. The Bertz CT molecular complexity index is 427. The highest BCUT2D eigenvalue weighted by molar-refractivity contribution is 6.31. The zero-order valence-electron chi connectivity index (χ0n) is 10.2. The van der Waals surface area contributed by atoms with Crippen LogP contribution in [0.5, 0.6) is 0 Å². The van der Waals surface area contributed by atoms with Gasteiger partial charge >= 0.3 is 0 Å². The first kappa shape index (κ1) is 12.5. The minimum absolute atomic E-state index is 0.0760. The van der Waals surface area contributed by atoms with Crippen LogP contribution in [0.15, 0.2) is 18.2 Å². The normalized spacial score (nSPS) is 18.6. The van der Waals surface area contributed by atoms with E-state index in [1.54, 1.807) is 0 Å². The summed E-state index contributed by atoms with van der Waals surface area (Å²) >= 11 is 6.35. The van der Waals surface area contributed by atoms with Crippen molar-refractivity contribution >= 4 is 11.6 Å². The summed E-state index contributed by atoms with van der Waals surface area (Å²) in [5.41, 5.74) is 2.30. The molecule has 1 unspecified atom stereocenters. The Kier molecular flexibility index (Phi) is 4.07. The molecule has 17 heavy (non-hydrogen) atoms. The smallest absolute Gasteiger partial charge is 0.0700 e. The fraction of sp³-hybridized carbons (Fsp3) is 0.533. The van der Waals surface area contributed by atoms with E-state index in [1.807, 2.05) is 13.0 Å². The molecule has 1 saturated carbocycles. The molecule has 0 aliphatic heterocycles. The maximum absolute atomic E-state index is 8.90. The van der Waals surface area contributed by atoms with E-state index in [-0.39, 0.29) is 5.92 Å². The zero-order chi connectivity index (χ0) is 12.3. The van der Waals surface area contributed by atoms with Gasteiger partial charge in [-0.05, 0) is 42.9 Å². The van der Waals surface area contributed by atoms with Crippen molar-refractivity contribution in [2.24, 2.45) is 0 Å². The molecule has 1 aromatic carbocycles. The van der Waals surface area contributed by atoms with Gasteiger partial charge in [-0.25, -0.2) is 0 Å². The van der Waals surface area contributed by atoms with Crippen LogP contribution in [-0.2, 0) is 0 Å². The summed E-state index contributed by atoms with van der Waals surface area (Å²) in [6.45, 7) is 1.91. The third-order valence-corrected chi connectivity index (χ3v) is 4.09. The number of benzene rings is 1. The molecule has 90 valence electrons. The van der Waals surface area contributed by atoms with Gasteiger partial charge in [0.05, 0.1) is 12.0 Å². The molecule has 0 N–H and O–H groups in total. The van der Waals surface area contributed by atoms with Crippen molar-refractivity contribution in [3.63, 3.8) is 0 Å². The maximum atomic E-state index is 8.90. The lowest BCUT2D eigenvalue weighted by molar-refractivity contribution is 0.443. The number of nitrogens with zero attached hydrogens (tertiary/aromatic N) is 1. The summed E-state index contributed by atoms with van der Waals surface area (Å²) in [6, 6.07) is 8.41. The van der Waals surface area contributed by atoms with E-state index in [0.29, 0.717) is 5.92 Å². The van der Waals surface area contributed by atoms with Crippen molar-refractivity contribution in [3.05, 3.63) is 34.3 Å². The SMILES string of the molecule is CC(C#N)c1ccc(C2CCCCC2)c(Cl)c1.